The van der Waals surface area contributed by atoms with Gasteiger partial charge in [-0.25, -0.2) is 0 Å². The number of carbonyl (C=O) groups is 2. The molecule has 2 amide bonds. The Bertz CT molecular complexity index is 1250. The molecule has 1 heterocycles. The lowest BCUT2D eigenvalue weighted by atomic mass is 10.2. The maximum atomic E-state index is 12.5. The fourth-order valence-electron chi connectivity index (χ4n) is 2.78. The van der Waals surface area contributed by atoms with E-state index in [1.165, 1.54) is 17.4 Å². The molecule has 1 aromatic heterocycles. The number of hydrogen-bond acceptors (Lipinski definition) is 5. The minimum atomic E-state index is -0.304. The summed E-state index contributed by atoms with van der Waals surface area (Å²) in [5, 5.41) is 15.4. The number of nitrogens with zero attached hydrogens (tertiary/aromatic N) is 2. The molecule has 0 fully saturated rings. The number of anilines is 2. The fourth-order valence-corrected chi connectivity index (χ4v) is 3.65. The van der Waals surface area contributed by atoms with E-state index in [1.54, 1.807) is 42.5 Å². The first-order chi connectivity index (χ1) is 15.6. The zero-order valence-corrected chi connectivity index (χ0v) is 18.2. The normalized spacial score (nSPS) is 10.8. The molecule has 3 aromatic carbocycles. The Morgan fingerprint density at radius 1 is 0.844 bits per heavy atom. The molecule has 0 saturated heterocycles. The summed E-state index contributed by atoms with van der Waals surface area (Å²) in [6, 6.07) is 23.4. The van der Waals surface area contributed by atoms with E-state index in [0.29, 0.717) is 21.4 Å². The third kappa shape index (κ3) is 5.66. The first-order valence-corrected chi connectivity index (χ1v) is 10.8. The van der Waals surface area contributed by atoms with Crippen LogP contribution in [0.25, 0.3) is 16.6 Å². The highest BCUT2D eigenvalue weighted by molar-refractivity contribution is 7.18. The number of aromatic nitrogens is 2. The second kappa shape index (κ2) is 10.00. The van der Waals surface area contributed by atoms with Crippen molar-refractivity contribution in [2.75, 3.05) is 10.6 Å². The lowest BCUT2D eigenvalue weighted by molar-refractivity contribution is -0.111. The van der Waals surface area contributed by atoms with Crippen molar-refractivity contribution >= 4 is 51.6 Å². The number of nitrogens with one attached hydrogen (secondary N) is 2. The molecular weight excluding hydrogens is 444 g/mol. The monoisotopic (exact) mass is 460 g/mol. The summed E-state index contributed by atoms with van der Waals surface area (Å²) >= 11 is 7.15. The first kappa shape index (κ1) is 21.4. The predicted octanol–water partition coefficient (Wildman–Crippen LogP) is 5.76. The molecular formula is C24H17ClN4O2S. The minimum Gasteiger partial charge on any atom is -0.323 e. The van der Waals surface area contributed by atoms with Gasteiger partial charge in [0, 0.05) is 27.9 Å². The van der Waals surface area contributed by atoms with Crippen molar-refractivity contribution in [1.82, 2.24) is 10.2 Å². The van der Waals surface area contributed by atoms with Crippen LogP contribution in [-0.2, 0) is 4.79 Å². The molecule has 0 aliphatic carbocycles. The number of rotatable bonds is 6. The fraction of sp³-hybridized carbons (Fsp3) is 0. The Kier molecular flexibility index (Phi) is 6.69. The average Bonchev–Trinajstić information content (AvgIpc) is 3.28. The Labute approximate surface area is 193 Å². The minimum absolute atomic E-state index is 0.278. The maximum absolute atomic E-state index is 12.5. The molecule has 2 N–H and O–H groups in total. The highest BCUT2D eigenvalue weighted by Gasteiger charge is 2.11. The second-order valence-corrected chi connectivity index (χ2v) is 8.10. The molecule has 8 heteroatoms. The third-order valence-corrected chi connectivity index (χ3v) is 5.52. The predicted molar refractivity (Wildman–Crippen MR) is 129 cm³/mol. The van der Waals surface area contributed by atoms with Gasteiger partial charge in [-0.05, 0) is 48.0 Å². The summed E-state index contributed by atoms with van der Waals surface area (Å²) < 4.78 is 0. The highest BCUT2D eigenvalue weighted by Crippen LogP contribution is 2.26. The third-order valence-electron chi connectivity index (χ3n) is 4.38. The van der Waals surface area contributed by atoms with Crippen molar-refractivity contribution in [2.24, 2.45) is 0 Å². The summed E-state index contributed by atoms with van der Waals surface area (Å²) in [7, 11) is 0. The summed E-state index contributed by atoms with van der Waals surface area (Å²) in [5.74, 6) is -0.583. The molecule has 0 unspecified atom stereocenters. The van der Waals surface area contributed by atoms with Crippen molar-refractivity contribution in [2.45, 2.75) is 0 Å². The molecule has 6 nitrogen and oxygen atoms in total. The van der Waals surface area contributed by atoms with Gasteiger partial charge in [0.05, 0.1) is 0 Å². The van der Waals surface area contributed by atoms with Crippen LogP contribution in [0.2, 0.25) is 5.02 Å². The van der Waals surface area contributed by atoms with Gasteiger partial charge in [-0.2, -0.15) is 0 Å². The molecule has 0 aliphatic rings. The number of halogens is 1. The van der Waals surface area contributed by atoms with Crippen molar-refractivity contribution < 1.29 is 9.59 Å². The topological polar surface area (TPSA) is 84.0 Å². The van der Waals surface area contributed by atoms with Gasteiger partial charge in [-0.1, -0.05) is 65.4 Å². The molecule has 0 atom stereocenters. The molecule has 0 radical (unpaired) electrons. The summed E-state index contributed by atoms with van der Waals surface area (Å²) in [6.07, 6.45) is 3.13. The van der Waals surface area contributed by atoms with E-state index in [0.717, 1.165) is 16.1 Å². The zero-order chi connectivity index (χ0) is 22.3. The molecule has 0 aliphatic heterocycles. The van der Waals surface area contributed by atoms with Crippen LogP contribution in [0.15, 0.2) is 84.9 Å². The van der Waals surface area contributed by atoms with Crippen LogP contribution in [0.5, 0.6) is 0 Å². The Balaban J connectivity index is 1.34. The van der Waals surface area contributed by atoms with Gasteiger partial charge in [0.15, 0.2) is 0 Å². The van der Waals surface area contributed by atoms with Crippen molar-refractivity contribution in [3.63, 3.8) is 0 Å². The maximum Gasteiger partial charge on any atom is 0.257 e. The average molecular weight is 461 g/mol. The SMILES string of the molecule is O=C(/C=C/c1ccc(Cl)cc1)Nc1ccc(C(=O)Nc2nnc(-c3ccccc3)s2)cc1. The van der Waals surface area contributed by atoms with Crippen LogP contribution in [0.1, 0.15) is 15.9 Å². The highest BCUT2D eigenvalue weighted by atomic mass is 35.5. The van der Waals surface area contributed by atoms with Crippen LogP contribution >= 0.6 is 22.9 Å². The summed E-state index contributed by atoms with van der Waals surface area (Å²) in [5.41, 5.74) is 2.82. The molecule has 158 valence electrons. The van der Waals surface area contributed by atoms with Gasteiger partial charge in [-0.3, -0.25) is 14.9 Å². The Morgan fingerprint density at radius 2 is 1.56 bits per heavy atom. The van der Waals surface area contributed by atoms with E-state index in [2.05, 4.69) is 20.8 Å². The van der Waals surface area contributed by atoms with Gasteiger partial charge < -0.3 is 5.32 Å². The molecule has 0 saturated carbocycles. The molecule has 0 bridgehead atoms. The van der Waals surface area contributed by atoms with Crippen LogP contribution in [-0.4, -0.2) is 22.0 Å². The van der Waals surface area contributed by atoms with E-state index in [4.69, 9.17) is 11.6 Å². The van der Waals surface area contributed by atoms with Crippen molar-refractivity contribution in [3.05, 3.63) is 101 Å². The standard InChI is InChI=1S/C24H17ClN4O2S/c25-19-11-6-16(7-12-19)8-15-21(30)26-20-13-9-17(10-14-20)22(31)27-24-29-28-23(32-24)18-4-2-1-3-5-18/h1-15H,(H,26,30)(H,27,29,31)/b15-8+. The van der Waals surface area contributed by atoms with Gasteiger partial charge in [0.25, 0.3) is 5.91 Å². The number of carbonyl (C=O) groups excluding carboxylic acids is 2. The summed E-state index contributed by atoms with van der Waals surface area (Å²) in [6.45, 7) is 0. The first-order valence-electron chi connectivity index (χ1n) is 9.62. The lowest BCUT2D eigenvalue weighted by Gasteiger charge is -2.05. The van der Waals surface area contributed by atoms with E-state index in [9.17, 15) is 9.59 Å². The quantitative estimate of drug-likeness (QED) is 0.358. The van der Waals surface area contributed by atoms with Crippen LogP contribution in [0.3, 0.4) is 0 Å². The van der Waals surface area contributed by atoms with E-state index >= 15 is 0 Å². The van der Waals surface area contributed by atoms with Crippen molar-refractivity contribution in [1.29, 1.82) is 0 Å². The van der Waals surface area contributed by atoms with E-state index in [-0.39, 0.29) is 11.8 Å². The molecule has 32 heavy (non-hydrogen) atoms. The smallest absolute Gasteiger partial charge is 0.257 e. The molecule has 4 aromatic rings. The van der Waals surface area contributed by atoms with Crippen LogP contribution in [0.4, 0.5) is 10.8 Å². The lowest BCUT2D eigenvalue weighted by Crippen LogP contribution is -2.12. The Hall–Kier alpha value is -3.81. The Morgan fingerprint density at radius 3 is 2.28 bits per heavy atom. The van der Waals surface area contributed by atoms with Gasteiger partial charge >= 0.3 is 0 Å². The molecule has 0 spiro atoms. The van der Waals surface area contributed by atoms with Gasteiger partial charge in [0.2, 0.25) is 11.0 Å². The number of benzene rings is 3. The molecule has 4 rings (SSSR count). The van der Waals surface area contributed by atoms with Gasteiger partial charge in [0.1, 0.15) is 5.01 Å². The van der Waals surface area contributed by atoms with Crippen LogP contribution < -0.4 is 10.6 Å². The van der Waals surface area contributed by atoms with Crippen molar-refractivity contribution in [3.8, 4) is 10.6 Å². The summed E-state index contributed by atoms with van der Waals surface area (Å²) in [4.78, 5) is 24.6. The zero-order valence-electron chi connectivity index (χ0n) is 16.7. The van der Waals surface area contributed by atoms with Gasteiger partial charge in [-0.15, -0.1) is 10.2 Å². The van der Waals surface area contributed by atoms with E-state index < -0.39 is 0 Å². The largest absolute Gasteiger partial charge is 0.323 e. The van der Waals surface area contributed by atoms with E-state index in [1.807, 2.05) is 42.5 Å². The second-order valence-electron chi connectivity index (χ2n) is 6.68. The van der Waals surface area contributed by atoms with Crippen LogP contribution in [0, 0.1) is 0 Å². The number of hydrogen-bond donors (Lipinski definition) is 2. The number of amides is 2.